The van der Waals surface area contributed by atoms with E-state index in [1.165, 1.54) is 12.1 Å². The number of hydrogen-bond donors (Lipinski definition) is 2. The molecule has 4 rings (SSSR count). The van der Waals surface area contributed by atoms with Crippen LogP contribution < -0.4 is 16.1 Å². The smallest absolute Gasteiger partial charge is 0.324 e. The van der Waals surface area contributed by atoms with Crippen molar-refractivity contribution in [3.8, 4) is 0 Å². The van der Waals surface area contributed by atoms with Crippen molar-refractivity contribution in [3.63, 3.8) is 0 Å². The van der Waals surface area contributed by atoms with Gasteiger partial charge in [-0.05, 0) is 43.5 Å². The molecule has 0 bridgehead atoms. The number of aromatic nitrogens is 4. The summed E-state index contributed by atoms with van der Waals surface area (Å²) in [6, 6.07) is 4.71. The Morgan fingerprint density at radius 3 is 2.61 bits per heavy atom. The number of nitrogens with zero attached hydrogens (tertiary/aromatic N) is 4. The van der Waals surface area contributed by atoms with Gasteiger partial charge in [-0.15, -0.1) is 0 Å². The maximum absolute atomic E-state index is 12.7. The fourth-order valence-electron chi connectivity index (χ4n) is 3.76. The summed E-state index contributed by atoms with van der Waals surface area (Å²) in [4.78, 5) is 21.6. The Hall–Kier alpha value is -2.72. The molecule has 0 spiro atoms. The van der Waals surface area contributed by atoms with Gasteiger partial charge in [-0.3, -0.25) is 9.13 Å². The largest absolute Gasteiger partial charge is 0.330 e. The van der Waals surface area contributed by atoms with E-state index in [-0.39, 0.29) is 16.6 Å². The molecule has 0 amide bonds. The van der Waals surface area contributed by atoms with Gasteiger partial charge < -0.3 is 5.32 Å². The third-order valence-electron chi connectivity index (χ3n) is 5.30. The second kappa shape index (κ2) is 6.71. The maximum Gasteiger partial charge on any atom is 0.330 e. The number of aryl methyl sites for hydroxylation is 2. The van der Waals surface area contributed by atoms with Gasteiger partial charge in [0.1, 0.15) is 5.52 Å². The molecule has 1 aromatic carbocycles. The second-order valence-electron chi connectivity index (χ2n) is 7.20. The van der Waals surface area contributed by atoms with E-state index in [4.69, 9.17) is 5.14 Å². The quantitative estimate of drug-likeness (QED) is 0.687. The number of hydrogen-bond acceptors (Lipinski definition) is 6. The number of nitrogens with two attached hydrogens (primary N) is 1. The molecule has 1 saturated carbocycles. The monoisotopic (exact) mass is 402 g/mol. The van der Waals surface area contributed by atoms with Crippen LogP contribution in [0, 0.1) is 6.92 Å². The Labute approximate surface area is 162 Å². The van der Waals surface area contributed by atoms with Gasteiger partial charge in [0, 0.05) is 18.8 Å². The Kier molecular flexibility index (Phi) is 4.47. The Morgan fingerprint density at radius 1 is 1.25 bits per heavy atom. The summed E-state index contributed by atoms with van der Waals surface area (Å²) in [6.45, 7) is 1.77. The van der Waals surface area contributed by atoms with Crippen LogP contribution in [0.2, 0.25) is 0 Å². The highest BCUT2D eigenvalue weighted by Crippen LogP contribution is 2.31. The molecule has 28 heavy (non-hydrogen) atoms. The highest BCUT2D eigenvalue weighted by atomic mass is 32.2. The standard InChI is InChI=1S/C18H22N6O3S/c1-11-9-13(28(19,26)27)7-8-14(11)21-17-20-10-15-16(22-17)24(18(25)23(15)2)12-5-3-4-6-12/h7-10,12H,3-6H2,1-2H3,(H2,19,26,27)(H,20,21,22). The van der Waals surface area contributed by atoms with Crippen molar-refractivity contribution in [1.29, 1.82) is 0 Å². The molecular formula is C18H22N6O3S. The topological polar surface area (TPSA) is 125 Å². The number of imidazole rings is 1. The lowest BCUT2D eigenvalue weighted by atomic mass is 10.2. The van der Waals surface area contributed by atoms with E-state index >= 15 is 0 Å². The molecular weight excluding hydrogens is 380 g/mol. The Morgan fingerprint density at radius 2 is 1.96 bits per heavy atom. The summed E-state index contributed by atoms with van der Waals surface area (Å²) < 4.78 is 26.3. The first-order chi connectivity index (χ1) is 13.3. The zero-order valence-corrected chi connectivity index (χ0v) is 16.5. The number of rotatable bonds is 4. The number of sulfonamides is 1. The van der Waals surface area contributed by atoms with Crippen LogP contribution in [-0.4, -0.2) is 27.5 Å². The lowest BCUT2D eigenvalue weighted by molar-refractivity contribution is 0.506. The summed E-state index contributed by atoms with van der Waals surface area (Å²) in [5, 5.41) is 8.28. The van der Waals surface area contributed by atoms with Gasteiger partial charge in [0.05, 0.1) is 11.1 Å². The maximum atomic E-state index is 12.7. The molecule has 3 aromatic rings. The molecule has 3 N–H and O–H groups in total. The Balaban J connectivity index is 1.74. The fraction of sp³-hybridized carbons (Fsp3) is 0.389. The van der Waals surface area contributed by atoms with Gasteiger partial charge in [-0.25, -0.2) is 23.3 Å². The minimum atomic E-state index is -3.76. The van der Waals surface area contributed by atoms with E-state index in [0.29, 0.717) is 28.4 Å². The first-order valence-corrected chi connectivity index (χ1v) is 10.6. The molecule has 10 heteroatoms. The number of primary sulfonamides is 1. The number of benzene rings is 1. The van der Waals surface area contributed by atoms with Crippen molar-refractivity contribution in [2.24, 2.45) is 12.2 Å². The molecule has 0 aliphatic heterocycles. The van der Waals surface area contributed by atoms with E-state index in [2.05, 4.69) is 15.3 Å². The highest BCUT2D eigenvalue weighted by Gasteiger charge is 2.24. The summed E-state index contributed by atoms with van der Waals surface area (Å²) in [5.41, 5.74) is 2.57. The summed E-state index contributed by atoms with van der Waals surface area (Å²) >= 11 is 0. The highest BCUT2D eigenvalue weighted by molar-refractivity contribution is 7.89. The predicted molar refractivity (Wildman–Crippen MR) is 106 cm³/mol. The van der Waals surface area contributed by atoms with Crippen molar-refractivity contribution in [1.82, 2.24) is 19.1 Å². The Bertz CT molecular complexity index is 1220. The average molecular weight is 402 g/mol. The zero-order valence-electron chi connectivity index (χ0n) is 15.7. The van der Waals surface area contributed by atoms with E-state index in [0.717, 1.165) is 25.7 Å². The van der Waals surface area contributed by atoms with Crippen molar-refractivity contribution in [2.45, 2.75) is 43.5 Å². The van der Waals surface area contributed by atoms with E-state index in [9.17, 15) is 13.2 Å². The third kappa shape index (κ3) is 3.18. The molecule has 1 fully saturated rings. The number of anilines is 2. The lowest BCUT2D eigenvalue weighted by Crippen LogP contribution is -2.25. The van der Waals surface area contributed by atoms with Crippen LogP contribution >= 0.6 is 0 Å². The summed E-state index contributed by atoms with van der Waals surface area (Å²) in [7, 11) is -2.04. The lowest BCUT2D eigenvalue weighted by Gasteiger charge is -2.12. The van der Waals surface area contributed by atoms with Crippen LogP contribution in [0.15, 0.2) is 34.1 Å². The van der Waals surface area contributed by atoms with E-state index < -0.39 is 10.0 Å². The molecule has 2 aromatic heterocycles. The zero-order chi connectivity index (χ0) is 20.1. The third-order valence-corrected chi connectivity index (χ3v) is 6.21. The van der Waals surface area contributed by atoms with Crippen LogP contribution in [0.5, 0.6) is 0 Å². The van der Waals surface area contributed by atoms with Crippen LogP contribution in [0.3, 0.4) is 0 Å². The van der Waals surface area contributed by atoms with Crippen molar-refractivity contribution in [3.05, 3.63) is 40.4 Å². The van der Waals surface area contributed by atoms with Gasteiger partial charge in [0.15, 0.2) is 5.65 Å². The first-order valence-electron chi connectivity index (χ1n) is 9.10. The van der Waals surface area contributed by atoms with Gasteiger partial charge in [-0.1, -0.05) is 12.8 Å². The van der Waals surface area contributed by atoms with E-state index in [1.807, 2.05) is 0 Å². The molecule has 0 unspecified atom stereocenters. The van der Waals surface area contributed by atoms with Crippen molar-refractivity contribution < 1.29 is 8.42 Å². The van der Waals surface area contributed by atoms with Crippen LogP contribution in [0.25, 0.3) is 11.2 Å². The molecule has 1 aliphatic carbocycles. The number of nitrogens with one attached hydrogen (secondary N) is 1. The second-order valence-corrected chi connectivity index (χ2v) is 8.76. The molecule has 9 nitrogen and oxygen atoms in total. The molecule has 148 valence electrons. The summed E-state index contributed by atoms with van der Waals surface area (Å²) in [5.74, 6) is 0.344. The van der Waals surface area contributed by atoms with E-state index in [1.54, 1.807) is 35.4 Å². The van der Waals surface area contributed by atoms with Gasteiger partial charge in [-0.2, -0.15) is 4.98 Å². The molecule has 0 radical (unpaired) electrons. The van der Waals surface area contributed by atoms with Gasteiger partial charge in [0.25, 0.3) is 0 Å². The average Bonchev–Trinajstić information content (AvgIpc) is 3.23. The molecule has 0 saturated heterocycles. The fourth-order valence-corrected chi connectivity index (χ4v) is 4.36. The number of fused-ring (bicyclic) bond motifs is 1. The minimum Gasteiger partial charge on any atom is -0.324 e. The van der Waals surface area contributed by atoms with Crippen LogP contribution in [-0.2, 0) is 17.1 Å². The minimum absolute atomic E-state index is 0.0463. The predicted octanol–water partition coefficient (Wildman–Crippen LogP) is 1.94. The molecule has 2 heterocycles. The summed E-state index contributed by atoms with van der Waals surface area (Å²) in [6.07, 6.45) is 5.80. The van der Waals surface area contributed by atoms with Crippen LogP contribution in [0.1, 0.15) is 37.3 Å². The van der Waals surface area contributed by atoms with Gasteiger partial charge >= 0.3 is 5.69 Å². The van der Waals surface area contributed by atoms with Gasteiger partial charge in [0.2, 0.25) is 16.0 Å². The normalized spacial score (nSPS) is 15.4. The SMILES string of the molecule is Cc1cc(S(N)(=O)=O)ccc1Nc1ncc2c(n1)n(C1CCCC1)c(=O)n2C. The van der Waals surface area contributed by atoms with Crippen molar-refractivity contribution >= 4 is 32.8 Å². The van der Waals surface area contributed by atoms with Crippen LogP contribution in [0.4, 0.5) is 11.6 Å². The molecule has 0 atom stereocenters. The van der Waals surface area contributed by atoms with Crippen molar-refractivity contribution in [2.75, 3.05) is 5.32 Å². The first kappa shape index (κ1) is 18.6. The molecule has 1 aliphatic rings.